The number of piperidine rings is 1. The second-order valence-corrected chi connectivity index (χ2v) is 9.30. The molecule has 5 rings (SSSR count). The van der Waals surface area contributed by atoms with Crippen molar-refractivity contribution in [1.82, 2.24) is 24.9 Å². The van der Waals surface area contributed by atoms with Crippen molar-refractivity contribution in [2.24, 2.45) is 0 Å². The van der Waals surface area contributed by atoms with Gasteiger partial charge in [-0.05, 0) is 56.5 Å². The Morgan fingerprint density at radius 2 is 2.03 bits per heavy atom. The van der Waals surface area contributed by atoms with Gasteiger partial charge in [0.05, 0.1) is 30.1 Å². The van der Waals surface area contributed by atoms with Gasteiger partial charge in [-0.25, -0.2) is 18.9 Å². The normalized spacial score (nSPS) is 14.7. The third-order valence-electron chi connectivity index (χ3n) is 7.15. The molecule has 0 bridgehead atoms. The van der Waals surface area contributed by atoms with Gasteiger partial charge in [0, 0.05) is 42.1 Å². The van der Waals surface area contributed by atoms with E-state index < -0.39 is 17.3 Å². The minimum Gasteiger partial charge on any atom is -0.492 e. The van der Waals surface area contributed by atoms with Crippen LogP contribution in [-0.2, 0) is 0 Å². The average molecular weight is 514 g/mol. The summed E-state index contributed by atoms with van der Waals surface area (Å²) < 4.78 is 21.4. The maximum Gasteiger partial charge on any atom is 0.273 e. The van der Waals surface area contributed by atoms with Gasteiger partial charge in [0.15, 0.2) is 11.5 Å². The molecule has 1 fully saturated rings. The molecule has 0 aromatic carbocycles. The summed E-state index contributed by atoms with van der Waals surface area (Å²) in [4.78, 5) is 23.5. The van der Waals surface area contributed by atoms with Crippen LogP contribution in [0, 0.1) is 17.1 Å². The number of ether oxygens (including phenoxy) is 1. The first-order valence-corrected chi connectivity index (χ1v) is 12.7. The third-order valence-corrected chi connectivity index (χ3v) is 7.15. The van der Waals surface area contributed by atoms with Crippen LogP contribution in [-0.4, -0.2) is 50.7 Å². The number of carbonyl (C=O) groups is 1. The molecule has 1 saturated heterocycles. The second-order valence-electron chi connectivity index (χ2n) is 9.30. The van der Waals surface area contributed by atoms with Crippen LogP contribution in [0.25, 0.3) is 16.6 Å². The molecule has 4 aromatic heterocycles. The van der Waals surface area contributed by atoms with Crippen LogP contribution in [0.2, 0.25) is 0 Å². The van der Waals surface area contributed by atoms with Crippen molar-refractivity contribution in [2.45, 2.75) is 38.6 Å². The third kappa shape index (κ3) is 4.75. The van der Waals surface area contributed by atoms with E-state index in [2.05, 4.69) is 26.4 Å². The molecule has 0 saturated carbocycles. The lowest BCUT2D eigenvalue weighted by molar-refractivity contribution is 0.0866. The van der Waals surface area contributed by atoms with Gasteiger partial charge >= 0.3 is 0 Å². The van der Waals surface area contributed by atoms with Crippen molar-refractivity contribution >= 4 is 17.2 Å². The van der Waals surface area contributed by atoms with Crippen LogP contribution in [0.5, 0.6) is 5.75 Å². The molecular weight excluding hydrogens is 485 g/mol. The zero-order valence-corrected chi connectivity index (χ0v) is 21.3. The Hall–Kier alpha value is -4.52. The summed E-state index contributed by atoms with van der Waals surface area (Å²) in [6.45, 7) is 5.84. The number of fused-ring (bicyclic) bond motifs is 1. The van der Waals surface area contributed by atoms with E-state index in [1.807, 2.05) is 32.0 Å². The fraction of sp³-hybridized carbons (Fsp3) is 0.321. The minimum absolute atomic E-state index is 0.180. The van der Waals surface area contributed by atoms with Gasteiger partial charge in [0.25, 0.3) is 5.91 Å². The Balaban J connectivity index is 1.33. The van der Waals surface area contributed by atoms with Crippen LogP contribution in [0.15, 0.2) is 55.1 Å². The summed E-state index contributed by atoms with van der Waals surface area (Å²) in [6.07, 6.45) is 8.65. The fourth-order valence-electron chi connectivity index (χ4n) is 4.96. The molecule has 10 heteroatoms. The maximum atomic E-state index is 14.1. The van der Waals surface area contributed by atoms with Crippen molar-refractivity contribution in [1.29, 1.82) is 5.26 Å². The van der Waals surface area contributed by atoms with Crippen molar-refractivity contribution in [3.05, 3.63) is 72.2 Å². The number of carbonyl (C=O) groups excluding carboxylic acids is 1. The van der Waals surface area contributed by atoms with E-state index in [4.69, 9.17) is 9.72 Å². The highest BCUT2D eigenvalue weighted by Gasteiger charge is 2.35. The molecule has 194 valence electrons. The Labute approximate surface area is 219 Å². The predicted molar refractivity (Wildman–Crippen MR) is 140 cm³/mol. The molecule has 38 heavy (non-hydrogen) atoms. The number of nitriles is 1. The van der Waals surface area contributed by atoms with Gasteiger partial charge in [-0.3, -0.25) is 4.79 Å². The lowest BCUT2D eigenvalue weighted by Crippen LogP contribution is -2.55. The van der Waals surface area contributed by atoms with Crippen LogP contribution in [0.4, 0.5) is 10.2 Å². The molecule has 0 spiro atoms. The number of pyridine rings is 3. The molecule has 5 heterocycles. The number of anilines is 1. The van der Waals surface area contributed by atoms with Gasteiger partial charge in [-0.2, -0.15) is 10.4 Å². The molecule has 9 nitrogen and oxygen atoms in total. The van der Waals surface area contributed by atoms with E-state index in [1.165, 1.54) is 18.3 Å². The lowest BCUT2D eigenvalue weighted by Gasteiger charge is -2.42. The standard InChI is InChI=1S/C28H28FN7O2/c1-3-28(34-27(37)25-23(29)6-5-11-31-25)9-12-35(13-10-28)24-8-7-19(16-32-24)22-14-21(38-4-2)18-36-26(22)20(15-30)17-33-36/h5-8,11,14,16-18H,3-4,9-10,12-13H2,1-2H3,(H,34,37). The van der Waals surface area contributed by atoms with Crippen molar-refractivity contribution in [2.75, 3.05) is 24.6 Å². The highest BCUT2D eigenvalue weighted by atomic mass is 19.1. The number of hydrogen-bond acceptors (Lipinski definition) is 7. The van der Waals surface area contributed by atoms with E-state index in [0.717, 1.165) is 23.4 Å². The average Bonchev–Trinajstić information content (AvgIpc) is 3.37. The molecule has 1 aliphatic rings. The van der Waals surface area contributed by atoms with Crippen LogP contribution < -0.4 is 15.0 Å². The number of rotatable bonds is 7. The molecule has 0 atom stereocenters. The van der Waals surface area contributed by atoms with Crippen LogP contribution in [0.3, 0.4) is 0 Å². The van der Waals surface area contributed by atoms with Crippen molar-refractivity contribution in [3.8, 4) is 22.9 Å². The van der Waals surface area contributed by atoms with Crippen molar-refractivity contribution in [3.63, 3.8) is 0 Å². The summed E-state index contributed by atoms with van der Waals surface area (Å²) in [5.74, 6) is 0.371. The zero-order valence-electron chi connectivity index (χ0n) is 21.3. The number of nitrogens with zero attached hydrogens (tertiary/aromatic N) is 6. The first-order chi connectivity index (χ1) is 18.5. The van der Waals surface area contributed by atoms with Gasteiger partial charge in [0.2, 0.25) is 0 Å². The van der Waals surface area contributed by atoms with Gasteiger partial charge < -0.3 is 15.0 Å². The van der Waals surface area contributed by atoms with Gasteiger partial charge in [-0.15, -0.1) is 0 Å². The summed E-state index contributed by atoms with van der Waals surface area (Å²) in [7, 11) is 0. The first kappa shape index (κ1) is 25.1. The Bertz CT molecular complexity index is 1500. The summed E-state index contributed by atoms with van der Waals surface area (Å²) in [6, 6.07) is 10.8. The SMILES string of the molecule is CCOc1cc(-c2ccc(N3CCC(CC)(NC(=O)c4ncccc4F)CC3)nc2)c2c(C#N)cnn2c1. The summed E-state index contributed by atoms with van der Waals surface area (Å²) >= 11 is 0. The molecule has 1 aliphatic heterocycles. The summed E-state index contributed by atoms with van der Waals surface area (Å²) in [5, 5.41) is 16.9. The molecule has 0 radical (unpaired) electrons. The molecule has 1 N–H and O–H groups in total. The van der Waals surface area contributed by atoms with Crippen LogP contribution in [0.1, 0.15) is 49.2 Å². The summed E-state index contributed by atoms with van der Waals surface area (Å²) in [5.41, 5.74) is 2.24. The monoisotopic (exact) mass is 513 g/mol. The number of halogens is 1. The maximum absolute atomic E-state index is 14.1. The quantitative estimate of drug-likeness (QED) is 0.391. The first-order valence-electron chi connectivity index (χ1n) is 12.7. The van der Waals surface area contributed by atoms with E-state index in [0.29, 0.717) is 49.4 Å². The zero-order chi connectivity index (χ0) is 26.7. The van der Waals surface area contributed by atoms with E-state index >= 15 is 0 Å². The Kier molecular flexibility index (Phi) is 6.92. The van der Waals surface area contributed by atoms with Gasteiger partial charge in [-0.1, -0.05) is 6.92 Å². The number of nitrogens with one attached hydrogen (secondary N) is 1. The number of hydrogen-bond donors (Lipinski definition) is 1. The fourth-order valence-corrected chi connectivity index (χ4v) is 4.96. The Morgan fingerprint density at radius 1 is 1.21 bits per heavy atom. The Morgan fingerprint density at radius 3 is 2.68 bits per heavy atom. The molecule has 4 aromatic rings. The number of amides is 1. The molecule has 0 unspecified atom stereocenters. The van der Waals surface area contributed by atoms with E-state index in [1.54, 1.807) is 23.1 Å². The van der Waals surface area contributed by atoms with Gasteiger partial charge in [0.1, 0.15) is 17.6 Å². The highest BCUT2D eigenvalue weighted by molar-refractivity contribution is 5.93. The van der Waals surface area contributed by atoms with E-state index in [9.17, 15) is 14.4 Å². The molecule has 1 amide bonds. The van der Waals surface area contributed by atoms with Crippen molar-refractivity contribution < 1.29 is 13.9 Å². The molecule has 0 aliphatic carbocycles. The lowest BCUT2D eigenvalue weighted by atomic mass is 9.84. The predicted octanol–water partition coefficient (Wildman–Crippen LogP) is 4.38. The molecular formula is C28H28FN7O2. The minimum atomic E-state index is -0.625. The smallest absolute Gasteiger partial charge is 0.273 e. The highest BCUT2D eigenvalue weighted by Crippen LogP contribution is 2.33. The largest absolute Gasteiger partial charge is 0.492 e. The van der Waals surface area contributed by atoms with E-state index in [-0.39, 0.29) is 5.69 Å². The number of aromatic nitrogens is 4. The van der Waals surface area contributed by atoms with Crippen LogP contribution >= 0.6 is 0 Å². The topological polar surface area (TPSA) is 108 Å². The second kappa shape index (κ2) is 10.5.